The van der Waals surface area contributed by atoms with Crippen LogP contribution in [0, 0.1) is 5.82 Å². The minimum atomic E-state index is -0.513. The Labute approximate surface area is 208 Å². The number of nitrogens with zero attached hydrogens (tertiary/aromatic N) is 3. The largest absolute Gasteiger partial charge is 0.495 e. The number of halogens is 1. The minimum absolute atomic E-state index is 0.0826. The number of rotatable bonds is 7. The number of anilines is 2. The van der Waals surface area contributed by atoms with Gasteiger partial charge in [0.1, 0.15) is 11.6 Å². The van der Waals surface area contributed by atoms with Gasteiger partial charge in [-0.25, -0.2) is 14.1 Å². The Bertz CT molecular complexity index is 1440. The van der Waals surface area contributed by atoms with E-state index in [1.807, 2.05) is 27.7 Å². The van der Waals surface area contributed by atoms with Crippen molar-refractivity contribution >= 4 is 34.2 Å². The maximum Gasteiger partial charge on any atom is 0.256 e. The molecule has 0 aliphatic carbocycles. The third-order valence-electron chi connectivity index (χ3n) is 5.70. The first-order valence-electron chi connectivity index (χ1n) is 11.6. The van der Waals surface area contributed by atoms with Gasteiger partial charge in [0.2, 0.25) is 0 Å². The molecule has 2 aromatic heterocycles. The second-order valence-electron chi connectivity index (χ2n) is 9.00. The highest BCUT2D eigenvalue weighted by Gasteiger charge is 2.20. The lowest BCUT2D eigenvalue weighted by Crippen LogP contribution is -2.16. The molecule has 36 heavy (non-hydrogen) atoms. The van der Waals surface area contributed by atoms with E-state index in [4.69, 9.17) is 9.72 Å². The van der Waals surface area contributed by atoms with Gasteiger partial charge in [-0.15, -0.1) is 0 Å². The number of fused-ring (bicyclic) bond motifs is 1. The van der Waals surface area contributed by atoms with E-state index in [0.29, 0.717) is 33.7 Å². The maximum absolute atomic E-state index is 13.6. The van der Waals surface area contributed by atoms with E-state index in [0.717, 1.165) is 11.8 Å². The van der Waals surface area contributed by atoms with E-state index in [1.165, 1.54) is 25.3 Å². The van der Waals surface area contributed by atoms with E-state index in [-0.39, 0.29) is 23.4 Å². The van der Waals surface area contributed by atoms with Crippen molar-refractivity contribution in [2.75, 3.05) is 17.7 Å². The van der Waals surface area contributed by atoms with E-state index in [9.17, 15) is 14.0 Å². The molecule has 0 radical (unpaired) electrons. The summed E-state index contributed by atoms with van der Waals surface area (Å²) in [5.41, 5.74) is 2.83. The van der Waals surface area contributed by atoms with Crippen LogP contribution in [0.15, 0.2) is 54.7 Å². The summed E-state index contributed by atoms with van der Waals surface area (Å²) in [5, 5.41) is 10.7. The van der Waals surface area contributed by atoms with Gasteiger partial charge in [0, 0.05) is 23.0 Å². The first-order chi connectivity index (χ1) is 17.2. The highest BCUT2D eigenvalue weighted by Crippen LogP contribution is 2.30. The molecule has 2 N–H and O–H groups in total. The number of methoxy groups -OCH3 is 1. The van der Waals surface area contributed by atoms with Crippen LogP contribution in [0.25, 0.3) is 11.0 Å². The molecule has 0 atom stereocenters. The fourth-order valence-electron chi connectivity index (χ4n) is 3.80. The molecule has 2 aromatic carbocycles. The monoisotopic (exact) mass is 489 g/mol. The molecule has 0 spiro atoms. The van der Waals surface area contributed by atoms with Crippen LogP contribution in [0.1, 0.15) is 66.1 Å². The van der Waals surface area contributed by atoms with E-state index in [2.05, 4.69) is 15.7 Å². The standard InChI is InChI=1S/C27H28FN5O3/c1-15(2)22-13-20(21-14-29-33(16(3)4)25(21)31-22)27(35)30-19-9-10-24(36-5)23(12-19)32-26(34)17-7-6-8-18(28)11-17/h6-16H,1-5H3,(H,30,35)(H,32,34). The molecule has 0 unspecified atom stereocenters. The molecule has 0 aliphatic heterocycles. The zero-order chi connectivity index (χ0) is 26.0. The van der Waals surface area contributed by atoms with Crippen molar-refractivity contribution < 1.29 is 18.7 Å². The summed E-state index contributed by atoms with van der Waals surface area (Å²) in [6, 6.07) is 12.1. The lowest BCUT2D eigenvalue weighted by Gasteiger charge is -2.14. The summed E-state index contributed by atoms with van der Waals surface area (Å²) in [6.45, 7) is 8.05. The quantitative estimate of drug-likeness (QED) is 0.343. The van der Waals surface area contributed by atoms with Gasteiger partial charge in [-0.05, 0) is 62.2 Å². The third-order valence-corrected chi connectivity index (χ3v) is 5.70. The van der Waals surface area contributed by atoms with Crippen molar-refractivity contribution in [1.82, 2.24) is 14.8 Å². The van der Waals surface area contributed by atoms with E-state index >= 15 is 0 Å². The molecular weight excluding hydrogens is 461 g/mol. The Morgan fingerprint density at radius 1 is 1.00 bits per heavy atom. The molecule has 0 bridgehead atoms. The topological polar surface area (TPSA) is 98.1 Å². The summed E-state index contributed by atoms with van der Waals surface area (Å²) in [4.78, 5) is 30.8. The zero-order valence-electron chi connectivity index (χ0n) is 20.8. The summed E-state index contributed by atoms with van der Waals surface area (Å²) >= 11 is 0. The molecule has 186 valence electrons. The van der Waals surface area contributed by atoms with Crippen LogP contribution in [0.4, 0.5) is 15.8 Å². The Kier molecular flexibility index (Phi) is 7.00. The summed E-state index contributed by atoms with van der Waals surface area (Å²) in [5.74, 6) is -0.845. The lowest BCUT2D eigenvalue weighted by atomic mass is 10.0. The minimum Gasteiger partial charge on any atom is -0.495 e. The van der Waals surface area contributed by atoms with E-state index < -0.39 is 11.7 Å². The molecule has 0 aliphatic rings. The average Bonchev–Trinajstić information content (AvgIpc) is 3.28. The predicted molar refractivity (Wildman–Crippen MR) is 137 cm³/mol. The molecule has 0 saturated heterocycles. The van der Waals surface area contributed by atoms with Crippen molar-refractivity contribution in [1.29, 1.82) is 0 Å². The number of pyridine rings is 1. The molecule has 2 amide bonds. The number of aromatic nitrogens is 3. The van der Waals surface area contributed by atoms with Crippen LogP contribution in [-0.2, 0) is 0 Å². The molecule has 4 rings (SSSR count). The second-order valence-corrected chi connectivity index (χ2v) is 9.00. The summed E-state index contributed by atoms with van der Waals surface area (Å²) in [7, 11) is 1.47. The number of amides is 2. The first-order valence-corrected chi connectivity index (χ1v) is 11.6. The number of hydrogen-bond donors (Lipinski definition) is 2. The predicted octanol–water partition coefficient (Wildman–Crippen LogP) is 5.79. The molecule has 8 nitrogen and oxygen atoms in total. The third kappa shape index (κ3) is 5.05. The van der Waals surface area contributed by atoms with Crippen LogP contribution in [0.2, 0.25) is 0 Å². The lowest BCUT2D eigenvalue weighted by molar-refractivity contribution is 0.101. The molecule has 0 saturated carbocycles. The van der Waals surface area contributed by atoms with Crippen molar-refractivity contribution in [3.8, 4) is 5.75 Å². The molecule has 2 heterocycles. The van der Waals surface area contributed by atoms with Crippen LogP contribution in [-0.4, -0.2) is 33.7 Å². The van der Waals surface area contributed by atoms with E-state index in [1.54, 1.807) is 35.1 Å². The van der Waals surface area contributed by atoms with Crippen molar-refractivity contribution in [3.63, 3.8) is 0 Å². The number of ether oxygens (including phenoxy) is 1. The average molecular weight is 490 g/mol. The van der Waals surface area contributed by atoms with Gasteiger partial charge in [-0.2, -0.15) is 5.10 Å². The van der Waals surface area contributed by atoms with Gasteiger partial charge >= 0.3 is 0 Å². The molecule has 4 aromatic rings. The Morgan fingerprint density at radius 2 is 1.78 bits per heavy atom. The highest BCUT2D eigenvalue weighted by atomic mass is 19.1. The van der Waals surface area contributed by atoms with Gasteiger partial charge in [-0.3, -0.25) is 9.59 Å². The summed E-state index contributed by atoms with van der Waals surface area (Å²) < 4.78 is 20.7. The number of benzene rings is 2. The number of hydrogen-bond acceptors (Lipinski definition) is 5. The molecule has 9 heteroatoms. The number of carbonyl (C=O) groups is 2. The summed E-state index contributed by atoms with van der Waals surface area (Å²) in [6.07, 6.45) is 1.65. The Balaban J connectivity index is 1.66. The van der Waals surface area contributed by atoms with Crippen molar-refractivity contribution in [3.05, 3.63) is 77.4 Å². The number of carbonyl (C=O) groups excluding carboxylic acids is 2. The van der Waals surface area contributed by atoms with Crippen LogP contribution >= 0.6 is 0 Å². The number of nitrogens with one attached hydrogen (secondary N) is 2. The first kappa shape index (κ1) is 24.8. The SMILES string of the molecule is COc1ccc(NC(=O)c2cc(C(C)C)nc3c2cnn3C(C)C)cc1NC(=O)c1cccc(F)c1. The van der Waals surface area contributed by atoms with Gasteiger partial charge in [0.25, 0.3) is 11.8 Å². The van der Waals surface area contributed by atoms with Crippen LogP contribution in [0.3, 0.4) is 0 Å². The van der Waals surface area contributed by atoms with Gasteiger partial charge in [0.15, 0.2) is 5.65 Å². The maximum atomic E-state index is 13.6. The van der Waals surface area contributed by atoms with Crippen molar-refractivity contribution in [2.45, 2.75) is 39.7 Å². The molecule has 0 fully saturated rings. The normalized spacial score (nSPS) is 11.2. The smallest absolute Gasteiger partial charge is 0.256 e. The van der Waals surface area contributed by atoms with Gasteiger partial charge in [0.05, 0.1) is 29.9 Å². The van der Waals surface area contributed by atoms with Crippen molar-refractivity contribution in [2.24, 2.45) is 0 Å². The fourth-order valence-corrected chi connectivity index (χ4v) is 3.80. The second kappa shape index (κ2) is 10.2. The molecular formula is C27H28FN5O3. The van der Waals surface area contributed by atoms with Gasteiger partial charge in [-0.1, -0.05) is 19.9 Å². The Morgan fingerprint density at radius 3 is 2.44 bits per heavy atom. The zero-order valence-corrected chi connectivity index (χ0v) is 20.8. The van der Waals surface area contributed by atoms with Gasteiger partial charge < -0.3 is 15.4 Å². The Hall–Kier alpha value is -4.27. The fraction of sp³-hybridized carbons (Fsp3) is 0.259. The highest BCUT2D eigenvalue weighted by molar-refractivity contribution is 6.12. The van der Waals surface area contributed by atoms with Crippen LogP contribution < -0.4 is 15.4 Å². The van der Waals surface area contributed by atoms with Crippen LogP contribution in [0.5, 0.6) is 5.75 Å².